The number of amides is 2. The van der Waals surface area contributed by atoms with E-state index in [9.17, 15) is 19.5 Å². The second-order valence-corrected chi connectivity index (χ2v) is 10.6. The molecule has 3 aromatic rings. The molecule has 7 heteroatoms. The topological polar surface area (TPSA) is 80.9 Å². The van der Waals surface area contributed by atoms with E-state index in [1.807, 2.05) is 54.6 Å². The first kappa shape index (κ1) is 28.0. The maximum absolute atomic E-state index is 13.9. The summed E-state index contributed by atoms with van der Waals surface area (Å²) in [6.07, 6.45) is 0. The van der Waals surface area contributed by atoms with E-state index in [1.54, 1.807) is 27.8 Å². The van der Waals surface area contributed by atoms with Crippen molar-refractivity contribution < 1.29 is 19.5 Å². The molecule has 1 aliphatic heterocycles. The summed E-state index contributed by atoms with van der Waals surface area (Å²) in [4.78, 5) is 43.8. The lowest BCUT2D eigenvalue weighted by Gasteiger charge is -2.38. The van der Waals surface area contributed by atoms with E-state index in [2.05, 4.69) is 41.3 Å². The average Bonchev–Trinajstić information content (AvgIpc) is 3.74. The van der Waals surface area contributed by atoms with Gasteiger partial charge in [0.05, 0.1) is 5.54 Å². The van der Waals surface area contributed by atoms with Crippen LogP contribution in [-0.2, 0) is 19.9 Å². The van der Waals surface area contributed by atoms with Gasteiger partial charge in [0.25, 0.3) is 0 Å². The molecule has 4 rings (SSSR count). The van der Waals surface area contributed by atoms with Crippen LogP contribution in [0.25, 0.3) is 0 Å². The summed E-state index contributed by atoms with van der Waals surface area (Å²) in [6.45, 7) is 5.70. The molecule has 0 aliphatic carbocycles. The molecule has 0 bridgehead atoms. The van der Waals surface area contributed by atoms with Crippen molar-refractivity contribution in [2.75, 3.05) is 20.6 Å². The van der Waals surface area contributed by atoms with E-state index >= 15 is 0 Å². The highest BCUT2D eigenvalue weighted by atomic mass is 16.4. The van der Waals surface area contributed by atoms with Gasteiger partial charge >= 0.3 is 5.97 Å². The number of likely N-dealkylation sites (N-methyl/N-ethyl adjacent to an activating group) is 2. The number of rotatable bonds is 10. The summed E-state index contributed by atoms with van der Waals surface area (Å²) < 4.78 is 0. The highest BCUT2D eigenvalue weighted by Crippen LogP contribution is 2.48. The summed E-state index contributed by atoms with van der Waals surface area (Å²) >= 11 is 0. The average molecular weight is 528 g/mol. The van der Waals surface area contributed by atoms with Crippen molar-refractivity contribution in [3.63, 3.8) is 0 Å². The number of carbonyl (C=O) groups excluding carboxylic acids is 2. The zero-order valence-corrected chi connectivity index (χ0v) is 23.2. The lowest BCUT2D eigenvalue weighted by molar-refractivity contribution is -0.154. The van der Waals surface area contributed by atoms with Crippen LogP contribution in [-0.4, -0.2) is 76.4 Å². The third-order valence-electron chi connectivity index (χ3n) is 7.84. The molecule has 0 saturated carbocycles. The standard InChI is InChI=1S/C32H37N3O4/c1-22(2)28(31(38)39)34(5)29(36)23(3)33(4)30(37)27-21-35(27)32(24-15-9-6-10-16-24,25-17-11-7-12-18-25)26-19-13-8-14-20-26/h6-20,22-23,27-28H,21H2,1-5H3,(H,38,39)/t23?,27?,28?,35-/m1/s1. The van der Waals surface area contributed by atoms with Crippen LogP contribution < -0.4 is 0 Å². The van der Waals surface area contributed by atoms with Crippen LogP contribution in [0.1, 0.15) is 37.5 Å². The van der Waals surface area contributed by atoms with Gasteiger partial charge in [-0.15, -0.1) is 0 Å². The molecule has 2 amide bonds. The van der Waals surface area contributed by atoms with Gasteiger partial charge in [0, 0.05) is 20.6 Å². The Labute approximate surface area is 230 Å². The molecule has 4 atom stereocenters. The van der Waals surface area contributed by atoms with Crippen molar-refractivity contribution in [1.29, 1.82) is 0 Å². The zero-order valence-electron chi connectivity index (χ0n) is 23.2. The largest absolute Gasteiger partial charge is 0.480 e. The Balaban J connectivity index is 1.68. The van der Waals surface area contributed by atoms with E-state index in [1.165, 1.54) is 16.8 Å². The predicted octanol–water partition coefficient (Wildman–Crippen LogP) is 4.08. The molecule has 1 fully saturated rings. The minimum atomic E-state index is -1.06. The summed E-state index contributed by atoms with van der Waals surface area (Å²) in [5.41, 5.74) is 2.43. The van der Waals surface area contributed by atoms with Crippen LogP contribution in [0.2, 0.25) is 0 Å². The van der Waals surface area contributed by atoms with Gasteiger partial charge in [-0.1, -0.05) is 105 Å². The second kappa shape index (κ2) is 11.4. The van der Waals surface area contributed by atoms with Gasteiger partial charge in [0.2, 0.25) is 11.8 Å². The van der Waals surface area contributed by atoms with Crippen LogP contribution in [0.4, 0.5) is 0 Å². The SMILES string of the molecule is CC(C)C(C(=O)O)N(C)C(=O)C(C)N(C)C(=O)C1C[N@@]1C(c1ccccc1)(c1ccccc1)c1ccccc1. The molecule has 1 heterocycles. The highest BCUT2D eigenvalue weighted by Gasteiger charge is 2.57. The van der Waals surface area contributed by atoms with Crippen molar-refractivity contribution in [3.05, 3.63) is 108 Å². The molecule has 1 N–H and O–H groups in total. The number of benzene rings is 3. The number of carboxylic acid groups (broad SMARTS) is 1. The van der Waals surface area contributed by atoms with Gasteiger partial charge in [0.15, 0.2) is 0 Å². The Hall–Kier alpha value is -3.97. The van der Waals surface area contributed by atoms with E-state index in [0.717, 1.165) is 16.7 Å². The number of hydrogen-bond acceptors (Lipinski definition) is 4. The van der Waals surface area contributed by atoms with Crippen LogP contribution >= 0.6 is 0 Å². The molecular formula is C32H37N3O4. The number of carboxylic acids is 1. The normalized spacial score (nSPS) is 18.2. The third kappa shape index (κ3) is 5.19. The molecule has 3 aromatic carbocycles. The van der Waals surface area contributed by atoms with Crippen LogP contribution in [0, 0.1) is 5.92 Å². The maximum atomic E-state index is 13.9. The van der Waals surface area contributed by atoms with Gasteiger partial charge < -0.3 is 14.9 Å². The molecule has 0 aromatic heterocycles. The van der Waals surface area contributed by atoms with Gasteiger partial charge in [-0.3, -0.25) is 14.5 Å². The van der Waals surface area contributed by atoms with Crippen LogP contribution in [0.15, 0.2) is 91.0 Å². The summed E-state index contributed by atoms with van der Waals surface area (Å²) in [7, 11) is 3.11. The molecule has 7 nitrogen and oxygen atoms in total. The lowest BCUT2D eigenvalue weighted by atomic mass is 9.76. The Kier molecular flexibility index (Phi) is 8.21. The number of aliphatic carboxylic acids is 1. The monoisotopic (exact) mass is 527 g/mol. The molecule has 0 spiro atoms. The lowest BCUT2D eigenvalue weighted by Crippen LogP contribution is -2.54. The van der Waals surface area contributed by atoms with E-state index < -0.39 is 35.5 Å². The quantitative estimate of drug-likeness (QED) is 0.318. The highest BCUT2D eigenvalue weighted by molar-refractivity contribution is 5.92. The minimum Gasteiger partial charge on any atom is -0.480 e. The zero-order chi connectivity index (χ0) is 28.3. The molecule has 204 valence electrons. The first-order valence-electron chi connectivity index (χ1n) is 13.3. The van der Waals surface area contributed by atoms with Crippen molar-refractivity contribution in [2.45, 2.75) is 44.4 Å². The van der Waals surface area contributed by atoms with Gasteiger partial charge in [0.1, 0.15) is 18.1 Å². The fraction of sp³-hybridized carbons (Fsp3) is 0.344. The molecular weight excluding hydrogens is 490 g/mol. The number of hydrogen-bond donors (Lipinski definition) is 1. The number of nitrogens with zero attached hydrogens (tertiary/aromatic N) is 3. The Bertz CT molecular complexity index is 1200. The molecule has 3 unspecified atom stereocenters. The first-order valence-corrected chi connectivity index (χ1v) is 13.3. The van der Waals surface area contributed by atoms with Crippen LogP contribution in [0.3, 0.4) is 0 Å². The Morgan fingerprint density at radius 3 is 1.54 bits per heavy atom. The summed E-state index contributed by atoms with van der Waals surface area (Å²) in [6, 6.07) is 28.3. The van der Waals surface area contributed by atoms with Gasteiger partial charge in [-0.05, 0) is 29.5 Å². The first-order chi connectivity index (χ1) is 18.6. The van der Waals surface area contributed by atoms with Gasteiger partial charge in [-0.2, -0.15) is 0 Å². The smallest absolute Gasteiger partial charge is 0.326 e. The fourth-order valence-corrected chi connectivity index (χ4v) is 5.68. The number of carbonyl (C=O) groups is 3. The van der Waals surface area contributed by atoms with E-state index in [4.69, 9.17) is 0 Å². The van der Waals surface area contributed by atoms with Crippen molar-refractivity contribution in [2.24, 2.45) is 5.92 Å². The fourth-order valence-electron chi connectivity index (χ4n) is 5.68. The maximum Gasteiger partial charge on any atom is 0.326 e. The third-order valence-corrected chi connectivity index (χ3v) is 7.84. The van der Waals surface area contributed by atoms with E-state index in [-0.39, 0.29) is 11.8 Å². The van der Waals surface area contributed by atoms with Gasteiger partial charge in [-0.25, -0.2) is 4.79 Å². The second-order valence-electron chi connectivity index (χ2n) is 10.6. The van der Waals surface area contributed by atoms with E-state index in [0.29, 0.717) is 6.54 Å². The van der Waals surface area contributed by atoms with Crippen LogP contribution in [0.5, 0.6) is 0 Å². The predicted molar refractivity (Wildman–Crippen MR) is 151 cm³/mol. The van der Waals surface area contributed by atoms with Crippen molar-refractivity contribution in [3.8, 4) is 0 Å². The summed E-state index contributed by atoms with van der Waals surface area (Å²) in [5, 5.41) is 9.66. The van der Waals surface area contributed by atoms with Crippen molar-refractivity contribution in [1.82, 2.24) is 14.7 Å². The molecule has 1 aliphatic rings. The molecule has 1 saturated heterocycles. The minimum absolute atomic E-state index is 0.173. The molecule has 0 radical (unpaired) electrons. The van der Waals surface area contributed by atoms with Crippen molar-refractivity contribution >= 4 is 17.8 Å². The molecule has 39 heavy (non-hydrogen) atoms. The summed E-state index contributed by atoms with van der Waals surface area (Å²) in [5.74, 6) is -1.91. The Morgan fingerprint density at radius 1 is 0.769 bits per heavy atom. The Morgan fingerprint density at radius 2 is 1.18 bits per heavy atom.